The molecule has 0 unspecified atom stereocenters. The van der Waals surface area contributed by atoms with Crippen LogP contribution in [0, 0.1) is 5.82 Å². The number of ether oxygens (including phenoxy) is 2. The first-order valence-electron chi connectivity index (χ1n) is 11.2. The molecule has 2 amide bonds. The maximum Gasteiger partial charge on any atom is 0.282 e. The second kappa shape index (κ2) is 10.7. The molecule has 1 fully saturated rings. The van der Waals surface area contributed by atoms with Gasteiger partial charge in [-0.3, -0.25) is 15.0 Å². The Hall–Kier alpha value is -4.39. The Morgan fingerprint density at radius 3 is 2.46 bits per heavy atom. The molecule has 4 rings (SSSR count). The van der Waals surface area contributed by atoms with Crippen molar-refractivity contribution in [2.75, 3.05) is 11.6 Å². The summed E-state index contributed by atoms with van der Waals surface area (Å²) in [5.74, 6) is -0.414. The number of hydrazine groups is 1. The zero-order chi connectivity index (χ0) is 24.8. The largest absolute Gasteiger partial charge is 0.490 e. The van der Waals surface area contributed by atoms with Gasteiger partial charge in [-0.15, -0.1) is 6.58 Å². The van der Waals surface area contributed by atoms with E-state index in [1.807, 2.05) is 13.0 Å². The molecule has 1 heterocycles. The molecule has 1 aliphatic rings. The summed E-state index contributed by atoms with van der Waals surface area (Å²) in [4.78, 5) is 25.6. The Labute approximate surface area is 203 Å². The van der Waals surface area contributed by atoms with Gasteiger partial charge in [0.25, 0.3) is 11.8 Å². The molecule has 0 saturated carbocycles. The summed E-state index contributed by atoms with van der Waals surface area (Å²) < 4.78 is 25.9. The highest BCUT2D eigenvalue weighted by Gasteiger charge is 2.34. The molecule has 7 heteroatoms. The van der Waals surface area contributed by atoms with Crippen LogP contribution in [-0.4, -0.2) is 18.4 Å². The molecule has 3 aromatic rings. The SMILES string of the molecule is C=CCc1cc(C=C2C(=O)NN(c3ccccc3)C2=O)cc(OCC)c1OCc1ccccc1F. The number of carbonyl (C=O) groups is 2. The minimum Gasteiger partial charge on any atom is -0.490 e. The average molecular weight is 473 g/mol. The second-order valence-electron chi connectivity index (χ2n) is 7.79. The van der Waals surface area contributed by atoms with Crippen LogP contribution in [-0.2, 0) is 22.6 Å². The van der Waals surface area contributed by atoms with E-state index in [1.165, 1.54) is 17.2 Å². The first-order valence-corrected chi connectivity index (χ1v) is 11.2. The zero-order valence-corrected chi connectivity index (χ0v) is 19.3. The number of hydrogen-bond donors (Lipinski definition) is 1. The Kier molecular flexibility index (Phi) is 7.26. The number of nitrogens with zero attached hydrogens (tertiary/aromatic N) is 1. The van der Waals surface area contributed by atoms with Crippen molar-refractivity contribution >= 4 is 23.6 Å². The maximum absolute atomic E-state index is 14.1. The van der Waals surface area contributed by atoms with Gasteiger partial charge in [-0.2, -0.15) is 0 Å². The van der Waals surface area contributed by atoms with Gasteiger partial charge in [0.15, 0.2) is 11.5 Å². The van der Waals surface area contributed by atoms with Gasteiger partial charge in [0, 0.05) is 11.1 Å². The molecule has 0 atom stereocenters. The Bertz CT molecular complexity index is 1290. The van der Waals surface area contributed by atoms with Crippen molar-refractivity contribution in [3.63, 3.8) is 0 Å². The molecule has 1 saturated heterocycles. The quantitative estimate of drug-likeness (QED) is 0.271. The molecular weight excluding hydrogens is 447 g/mol. The average Bonchev–Trinajstić information content (AvgIpc) is 3.14. The lowest BCUT2D eigenvalue weighted by Crippen LogP contribution is -2.35. The molecule has 0 aliphatic carbocycles. The topological polar surface area (TPSA) is 67.9 Å². The van der Waals surface area contributed by atoms with Crippen molar-refractivity contribution in [3.05, 3.63) is 107 Å². The first-order chi connectivity index (χ1) is 17.0. The summed E-state index contributed by atoms with van der Waals surface area (Å²) in [6.07, 6.45) is 3.68. The van der Waals surface area contributed by atoms with Crippen LogP contribution in [0.2, 0.25) is 0 Å². The van der Waals surface area contributed by atoms with E-state index >= 15 is 0 Å². The lowest BCUT2D eigenvalue weighted by atomic mass is 10.0. The number of hydrogen-bond acceptors (Lipinski definition) is 4. The van der Waals surface area contributed by atoms with Gasteiger partial charge < -0.3 is 9.47 Å². The van der Waals surface area contributed by atoms with Crippen LogP contribution in [0.15, 0.2) is 85.0 Å². The third-order valence-electron chi connectivity index (χ3n) is 5.36. The lowest BCUT2D eigenvalue weighted by Gasteiger charge is -2.17. The summed E-state index contributed by atoms with van der Waals surface area (Å²) in [6, 6.07) is 18.8. The van der Waals surface area contributed by atoms with Crippen LogP contribution in [0.5, 0.6) is 11.5 Å². The number of nitrogens with one attached hydrogen (secondary N) is 1. The molecule has 35 heavy (non-hydrogen) atoms. The molecule has 3 aromatic carbocycles. The monoisotopic (exact) mass is 472 g/mol. The van der Waals surface area contributed by atoms with E-state index in [4.69, 9.17) is 9.47 Å². The van der Waals surface area contributed by atoms with Gasteiger partial charge in [-0.1, -0.05) is 42.5 Å². The minimum atomic E-state index is -0.498. The molecule has 0 bridgehead atoms. The first kappa shape index (κ1) is 23.8. The van der Waals surface area contributed by atoms with E-state index in [0.717, 1.165) is 5.56 Å². The van der Waals surface area contributed by atoms with Crippen LogP contribution in [0.3, 0.4) is 0 Å². The molecule has 6 nitrogen and oxygen atoms in total. The fourth-order valence-corrected chi connectivity index (χ4v) is 3.75. The van der Waals surface area contributed by atoms with Gasteiger partial charge in [-0.05, 0) is 55.3 Å². The third-order valence-corrected chi connectivity index (χ3v) is 5.36. The number of carbonyl (C=O) groups excluding carboxylic acids is 2. The number of amides is 2. The van der Waals surface area contributed by atoms with E-state index in [-0.39, 0.29) is 18.0 Å². The normalized spacial score (nSPS) is 14.2. The number of para-hydroxylation sites is 1. The van der Waals surface area contributed by atoms with Crippen molar-refractivity contribution in [3.8, 4) is 11.5 Å². The summed E-state index contributed by atoms with van der Waals surface area (Å²) in [7, 11) is 0. The van der Waals surface area contributed by atoms with E-state index in [2.05, 4.69) is 12.0 Å². The van der Waals surface area contributed by atoms with E-state index in [9.17, 15) is 14.0 Å². The molecule has 0 radical (unpaired) electrons. The van der Waals surface area contributed by atoms with Gasteiger partial charge in [0.1, 0.15) is 18.0 Å². The molecule has 1 N–H and O–H groups in total. The highest BCUT2D eigenvalue weighted by Crippen LogP contribution is 2.36. The van der Waals surface area contributed by atoms with Gasteiger partial charge in [0.05, 0.1) is 12.3 Å². The highest BCUT2D eigenvalue weighted by atomic mass is 19.1. The number of anilines is 1. The molecule has 178 valence electrons. The Morgan fingerprint density at radius 1 is 1.00 bits per heavy atom. The summed E-state index contributed by atoms with van der Waals surface area (Å²) in [6.45, 7) is 6.03. The number of benzene rings is 3. The minimum absolute atomic E-state index is 0.000814. The van der Waals surface area contributed by atoms with Crippen LogP contribution < -0.4 is 19.9 Å². The van der Waals surface area contributed by atoms with Gasteiger partial charge >= 0.3 is 0 Å². The van der Waals surface area contributed by atoms with E-state index in [0.29, 0.717) is 41.3 Å². The van der Waals surface area contributed by atoms with Crippen molar-refractivity contribution in [2.45, 2.75) is 20.0 Å². The van der Waals surface area contributed by atoms with Crippen LogP contribution >= 0.6 is 0 Å². The standard InChI is InChI=1S/C28H25FN2O4/c1-3-10-20-15-19(16-23-27(32)30-31(28(23)33)22-12-6-5-7-13-22)17-25(34-4-2)26(20)35-18-21-11-8-9-14-24(21)29/h3,5-9,11-17H,1,4,10,18H2,2H3,(H,30,32). The van der Waals surface area contributed by atoms with Crippen molar-refractivity contribution in [2.24, 2.45) is 0 Å². The number of halogens is 1. The lowest BCUT2D eigenvalue weighted by molar-refractivity contribution is -0.117. The smallest absolute Gasteiger partial charge is 0.282 e. The molecule has 0 spiro atoms. The predicted molar refractivity (Wildman–Crippen MR) is 132 cm³/mol. The fraction of sp³-hybridized carbons (Fsp3) is 0.143. The van der Waals surface area contributed by atoms with E-state index < -0.39 is 11.8 Å². The highest BCUT2D eigenvalue weighted by molar-refractivity contribution is 6.31. The second-order valence-corrected chi connectivity index (χ2v) is 7.79. The number of allylic oxidation sites excluding steroid dienone is 1. The Balaban J connectivity index is 1.68. The van der Waals surface area contributed by atoms with Crippen LogP contribution in [0.25, 0.3) is 6.08 Å². The fourth-order valence-electron chi connectivity index (χ4n) is 3.75. The zero-order valence-electron chi connectivity index (χ0n) is 19.3. The number of rotatable bonds is 9. The summed E-state index contributed by atoms with van der Waals surface area (Å²) >= 11 is 0. The molecular formula is C28H25FN2O4. The van der Waals surface area contributed by atoms with Gasteiger partial charge in [0.2, 0.25) is 0 Å². The Morgan fingerprint density at radius 2 is 1.74 bits per heavy atom. The van der Waals surface area contributed by atoms with Crippen molar-refractivity contribution in [1.82, 2.24) is 5.43 Å². The maximum atomic E-state index is 14.1. The third kappa shape index (κ3) is 5.24. The summed E-state index contributed by atoms with van der Waals surface area (Å²) in [5.41, 5.74) is 4.91. The van der Waals surface area contributed by atoms with Crippen LogP contribution in [0.1, 0.15) is 23.6 Å². The van der Waals surface area contributed by atoms with E-state index in [1.54, 1.807) is 60.7 Å². The molecule has 0 aromatic heterocycles. The van der Waals surface area contributed by atoms with Crippen LogP contribution in [0.4, 0.5) is 10.1 Å². The van der Waals surface area contributed by atoms with Crippen molar-refractivity contribution in [1.29, 1.82) is 0 Å². The molecule has 1 aliphatic heterocycles. The van der Waals surface area contributed by atoms with Crippen molar-refractivity contribution < 1.29 is 23.5 Å². The predicted octanol–water partition coefficient (Wildman–Crippen LogP) is 4.99. The van der Waals surface area contributed by atoms with Gasteiger partial charge in [-0.25, -0.2) is 9.40 Å². The summed E-state index contributed by atoms with van der Waals surface area (Å²) in [5, 5.41) is 1.22.